The van der Waals surface area contributed by atoms with E-state index < -0.39 is 6.09 Å². The molecule has 1 atom stereocenters. The topological polar surface area (TPSA) is 79.9 Å². The van der Waals surface area contributed by atoms with Gasteiger partial charge in [0.05, 0.1) is 19.0 Å². The van der Waals surface area contributed by atoms with E-state index >= 15 is 0 Å². The lowest BCUT2D eigenvalue weighted by Crippen LogP contribution is -2.45. The van der Waals surface area contributed by atoms with Crippen LogP contribution in [0.1, 0.15) is 24.0 Å². The Hall–Kier alpha value is -2.90. The molecule has 28 heavy (non-hydrogen) atoms. The fourth-order valence-electron chi connectivity index (χ4n) is 3.05. The average molecular weight is 383 g/mol. The Balaban J connectivity index is 1.38. The maximum absolute atomic E-state index is 12.3. The maximum atomic E-state index is 12.3. The summed E-state index contributed by atoms with van der Waals surface area (Å²) in [6.45, 7) is 1.72. The molecule has 2 aromatic rings. The molecule has 0 spiro atoms. The van der Waals surface area contributed by atoms with Crippen LogP contribution in [0, 0.1) is 5.92 Å². The predicted molar refractivity (Wildman–Crippen MR) is 103 cm³/mol. The van der Waals surface area contributed by atoms with Gasteiger partial charge in [-0.3, -0.25) is 0 Å². The van der Waals surface area contributed by atoms with Crippen LogP contribution in [-0.2, 0) is 27.6 Å². The summed E-state index contributed by atoms with van der Waals surface area (Å²) in [4.78, 5) is 36.3. The molecule has 0 radical (unpaired) electrons. The number of hydrogen-bond acceptors (Lipinski definition) is 6. The second-order valence-electron chi connectivity index (χ2n) is 6.69. The lowest BCUT2D eigenvalue weighted by Gasteiger charge is -2.30. The Kier molecular flexibility index (Phi) is 7.40. The highest BCUT2D eigenvalue weighted by atomic mass is 16.7. The summed E-state index contributed by atoms with van der Waals surface area (Å²) in [6.07, 6.45) is 0.935. The van der Waals surface area contributed by atoms with E-state index in [-0.39, 0.29) is 18.4 Å². The first-order valence-electron chi connectivity index (χ1n) is 9.42. The first kappa shape index (κ1) is 19.9. The second kappa shape index (κ2) is 10.4. The van der Waals surface area contributed by atoms with Crippen molar-refractivity contribution in [2.24, 2.45) is 5.92 Å². The fourth-order valence-corrected chi connectivity index (χ4v) is 3.05. The van der Waals surface area contributed by atoms with Crippen molar-refractivity contribution in [3.05, 3.63) is 71.8 Å². The smallest absolute Gasteiger partial charge is 0.370 e. The molecule has 2 N–H and O–H groups in total. The Morgan fingerprint density at radius 1 is 0.893 bits per heavy atom. The normalized spacial score (nSPS) is 16.4. The van der Waals surface area contributed by atoms with E-state index in [1.165, 1.54) is 4.90 Å². The number of nitrogens with zero attached hydrogens (tertiary/aromatic N) is 1. The number of benzene rings is 2. The molecule has 1 aliphatic rings. The number of carbonyl (C=O) groups is 2. The van der Waals surface area contributed by atoms with Crippen molar-refractivity contribution in [1.29, 1.82) is 0 Å². The first-order chi connectivity index (χ1) is 13.7. The zero-order valence-corrected chi connectivity index (χ0v) is 15.7. The summed E-state index contributed by atoms with van der Waals surface area (Å²) < 4.78 is 0. The summed E-state index contributed by atoms with van der Waals surface area (Å²) >= 11 is 0. The molecule has 1 saturated heterocycles. The lowest BCUT2D eigenvalue weighted by molar-refractivity contribution is -0.158. The first-order valence-corrected chi connectivity index (χ1v) is 9.42. The van der Waals surface area contributed by atoms with Crippen molar-refractivity contribution in [2.45, 2.75) is 25.9 Å². The third kappa shape index (κ3) is 6.07. The minimum absolute atomic E-state index is 0.289. The quantitative estimate of drug-likeness (QED) is 0.716. The van der Waals surface area contributed by atoms with Crippen molar-refractivity contribution >= 4 is 12.1 Å². The lowest BCUT2D eigenvalue weighted by atomic mass is 9.99. The van der Waals surface area contributed by atoms with Gasteiger partial charge in [0.15, 0.2) is 0 Å². The van der Waals surface area contributed by atoms with E-state index in [2.05, 4.69) is 11.0 Å². The zero-order chi connectivity index (χ0) is 19.6. The monoisotopic (exact) mass is 383 g/mol. The molecule has 3 rings (SSSR count). The Labute approximate surface area is 164 Å². The number of rotatable bonds is 7. The van der Waals surface area contributed by atoms with Crippen molar-refractivity contribution < 1.29 is 19.3 Å². The average Bonchev–Trinajstić information content (AvgIpc) is 2.75. The molecule has 1 aliphatic heterocycles. The minimum atomic E-state index is -0.481. The molecule has 1 fully saturated rings. The summed E-state index contributed by atoms with van der Waals surface area (Å²) in [6, 6.07) is 19.3. The third-order valence-corrected chi connectivity index (χ3v) is 4.58. The number of likely N-dealkylation sites (tertiary alicyclic amines) is 1. The van der Waals surface area contributed by atoms with Gasteiger partial charge < -0.3 is 14.6 Å². The highest BCUT2D eigenvalue weighted by Gasteiger charge is 2.30. The second-order valence-corrected chi connectivity index (χ2v) is 6.69. The molecule has 0 bridgehead atoms. The summed E-state index contributed by atoms with van der Waals surface area (Å²) in [5, 5.41) is 0. The largest absolute Gasteiger partial charge is 0.428 e. The van der Waals surface area contributed by atoms with E-state index in [4.69, 9.17) is 9.68 Å². The van der Waals surface area contributed by atoms with E-state index in [9.17, 15) is 9.59 Å². The maximum Gasteiger partial charge on any atom is 0.428 e. The molecule has 0 saturated carbocycles. The Morgan fingerprint density at radius 3 is 2.07 bits per heavy atom. The van der Waals surface area contributed by atoms with Crippen LogP contribution >= 0.6 is 0 Å². The Bertz CT molecular complexity index is 691. The standard InChI is InChI=1S/C21H25N3O4/c25-20(27-22-14-17-8-3-1-4-9-17)19-12-7-13-24(16-19)21(26)28-23-15-18-10-5-2-6-11-18/h1-6,8-11,19,22-23H,7,12-16H2. The van der Waals surface area contributed by atoms with Gasteiger partial charge in [-0.05, 0) is 24.0 Å². The van der Waals surface area contributed by atoms with Crippen LogP contribution in [0.4, 0.5) is 4.79 Å². The fraction of sp³-hybridized carbons (Fsp3) is 0.333. The van der Waals surface area contributed by atoms with Crippen LogP contribution in [0.25, 0.3) is 0 Å². The molecular formula is C21H25N3O4. The van der Waals surface area contributed by atoms with Gasteiger partial charge >= 0.3 is 12.1 Å². The SMILES string of the molecule is O=C(ONCc1ccccc1)C1CCCN(C(=O)ONCc2ccccc2)C1. The molecule has 148 valence electrons. The van der Waals surface area contributed by atoms with Crippen LogP contribution in [-0.4, -0.2) is 30.1 Å². The predicted octanol–water partition coefficient (Wildman–Crippen LogP) is 2.79. The zero-order valence-electron chi connectivity index (χ0n) is 15.7. The van der Waals surface area contributed by atoms with E-state index in [1.807, 2.05) is 60.7 Å². The highest BCUT2D eigenvalue weighted by Crippen LogP contribution is 2.18. The van der Waals surface area contributed by atoms with E-state index in [0.717, 1.165) is 17.5 Å². The van der Waals surface area contributed by atoms with Gasteiger partial charge in [-0.25, -0.2) is 9.59 Å². The molecule has 1 heterocycles. The molecule has 1 unspecified atom stereocenters. The molecule has 7 nitrogen and oxygen atoms in total. The van der Waals surface area contributed by atoms with Crippen molar-refractivity contribution in [2.75, 3.05) is 13.1 Å². The number of carbonyl (C=O) groups excluding carboxylic acids is 2. The summed E-state index contributed by atoms with van der Waals surface area (Å²) in [7, 11) is 0. The summed E-state index contributed by atoms with van der Waals surface area (Å²) in [5.41, 5.74) is 7.41. The van der Waals surface area contributed by atoms with Crippen molar-refractivity contribution in [3.63, 3.8) is 0 Å². The number of nitrogens with one attached hydrogen (secondary N) is 2. The summed E-state index contributed by atoms with van der Waals surface area (Å²) in [5.74, 6) is -0.718. The van der Waals surface area contributed by atoms with Gasteiger partial charge in [0.2, 0.25) is 0 Å². The van der Waals surface area contributed by atoms with E-state index in [1.54, 1.807) is 0 Å². The van der Waals surface area contributed by atoms with E-state index in [0.29, 0.717) is 26.1 Å². The van der Waals surface area contributed by atoms with Gasteiger partial charge in [-0.1, -0.05) is 60.7 Å². The van der Waals surface area contributed by atoms with Gasteiger partial charge in [0.25, 0.3) is 0 Å². The number of amides is 1. The molecule has 0 aromatic heterocycles. The third-order valence-electron chi connectivity index (χ3n) is 4.58. The van der Waals surface area contributed by atoms with Crippen LogP contribution in [0.5, 0.6) is 0 Å². The van der Waals surface area contributed by atoms with Crippen molar-refractivity contribution in [1.82, 2.24) is 15.9 Å². The van der Waals surface area contributed by atoms with Crippen LogP contribution in [0.3, 0.4) is 0 Å². The minimum Gasteiger partial charge on any atom is -0.370 e. The number of hydrogen-bond donors (Lipinski definition) is 2. The molecule has 2 aromatic carbocycles. The van der Waals surface area contributed by atoms with Gasteiger partial charge in [-0.2, -0.15) is 0 Å². The molecule has 1 amide bonds. The van der Waals surface area contributed by atoms with Gasteiger partial charge in [-0.15, -0.1) is 11.0 Å². The number of hydroxylamine groups is 2. The Morgan fingerprint density at radius 2 is 1.46 bits per heavy atom. The van der Waals surface area contributed by atoms with Crippen LogP contribution in [0.15, 0.2) is 60.7 Å². The van der Waals surface area contributed by atoms with Gasteiger partial charge in [0.1, 0.15) is 0 Å². The molecule has 7 heteroatoms. The van der Waals surface area contributed by atoms with Crippen molar-refractivity contribution in [3.8, 4) is 0 Å². The molecular weight excluding hydrogens is 358 g/mol. The number of piperidine rings is 1. The van der Waals surface area contributed by atoms with Gasteiger partial charge in [0, 0.05) is 13.1 Å². The van der Waals surface area contributed by atoms with Crippen LogP contribution in [0.2, 0.25) is 0 Å². The molecule has 0 aliphatic carbocycles. The highest BCUT2D eigenvalue weighted by molar-refractivity contribution is 5.74. The van der Waals surface area contributed by atoms with Crippen LogP contribution < -0.4 is 11.0 Å².